The Hall–Kier alpha value is -0.280. The summed E-state index contributed by atoms with van der Waals surface area (Å²) < 4.78 is 18.0. The van der Waals surface area contributed by atoms with Crippen LogP contribution in [-0.2, 0) is 14.2 Å². The molecule has 0 aromatic rings. The fraction of sp³-hybridized carbons (Fsp3) is 1.00. The van der Waals surface area contributed by atoms with E-state index >= 15 is 0 Å². The fourth-order valence-corrected chi connectivity index (χ4v) is 4.73. The molecule has 0 amide bonds. The highest BCUT2D eigenvalue weighted by molar-refractivity contribution is 4.87. The number of ether oxygens (including phenoxy) is 3. The molecule has 0 bridgehead atoms. The van der Waals surface area contributed by atoms with Crippen LogP contribution in [0.3, 0.4) is 0 Å². The Kier molecular flexibility index (Phi) is 7.91. The number of rotatable bonds is 6. The highest BCUT2D eigenvalue weighted by Crippen LogP contribution is 2.23. The van der Waals surface area contributed by atoms with E-state index < -0.39 is 0 Å². The zero-order chi connectivity index (χ0) is 19.4. The zero-order valence-electron chi connectivity index (χ0n) is 17.5. The molecule has 0 aromatic carbocycles. The number of hydrogen-bond donors (Lipinski definition) is 1. The standard InChI is InChI=1S/C20H39N3O4/c1-15-8-21(2)9-20(27-15)6-5-19-10-22(3)16(14-26-19)7-17-12-25-13-18(11-24)23(17)4/h15-20,24H,5-14H2,1-4H3/t15-,16?,17?,18-,19?,20+/m1/s1. The van der Waals surface area contributed by atoms with Crippen LogP contribution in [0.4, 0.5) is 0 Å². The van der Waals surface area contributed by atoms with Crippen LogP contribution >= 0.6 is 0 Å². The van der Waals surface area contributed by atoms with E-state index in [9.17, 15) is 5.11 Å². The molecule has 27 heavy (non-hydrogen) atoms. The van der Waals surface area contributed by atoms with E-state index in [-0.39, 0.29) is 12.6 Å². The minimum Gasteiger partial charge on any atom is -0.395 e. The molecular weight excluding hydrogens is 346 g/mol. The van der Waals surface area contributed by atoms with Gasteiger partial charge in [-0.2, -0.15) is 0 Å². The van der Waals surface area contributed by atoms with Gasteiger partial charge in [-0.25, -0.2) is 0 Å². The van der Waals surface area contributed by atoms with E-state index in [1.54, 1.807) is 0 Å². The van der Waals surface area contributed by atoms with Crippen LogP contribution in [-0.4, -0.2) is 123 Å². The second-order valence-electron chi connectivity index (χ2n) is 8.84. The van der Waals surface area contributed by atoms with E-state index in [0.717, 1.165) is 52.1 Å². The smallest absolute Gasteiger partial charge is 0.0707 e. The Morgan fingerprint density at radius 3 is 2.33 bits per heavy atom. The Morgan fingerprint density at radius 2 is 1.63 bits per heavy atom. The third kappa shape index (κ3) is 5.85. The monoisotopic (exact) mass is 385 g/mol. The Morgan fingerprint density at radius 1 is 0.889 bits per heavy atom. The van der Waals surface area contributed by atoms with Gasteiger partial charge in [-0.3, -0.25) is 9.80 Å². The van der Waals surface area contributed by atoms with Crippen molar-refractivity contribution >= 4 is 0 Å². The molecule has 0 saturated carbocycles. The first-order chi connectivity index (χ1) is 13.0. The Labute approximate surface area is 164 Å². The lowest BCUT2D eigenvalue weighted by atomic mass is 10.00. The summed E-state index contributed by atoms with van der Waals surface area (Å²) in [5, 5.41) is 9.50. The van der Waals surface area contributed by atoms with Crippen molar-refractivity contribution in [2.24, 2.45) is 0 Å². The van der Waals surface area contributed by atoms with E-state index in [1.165, 1.54) is 0 Å². The van der Waals surface area contributed by atoms with Crippen LogP contribution in [0.25, 0.3) is 0 Å². The van der Waals surface area contributed by atoms with E-state index in [4.69, 9.17) is 14.2 Å². The van der Waals surface area contributed by atoms with Gasteiger partial charge in [-0.1, -0.05) is 0 Å². The van der Waals surface area contributed by atoms with Crippen LogP contribution in [0.2, 0.25) is 0 Å². The maximum Gasteiger partial charge on any atom is 0.0707 e. The van der Waals surface area contributed by atoms with Gasteiger partial charge in [0.05, 0.1) is 50.8 Å². The number of hydrogen-bond acceptors (Lipinski definition) is 7. The summed E-state index contributed by atoms with van der Waals surface area (Å²) >= 11 is 0. The first kappa shape index (κ1) is 21.4. The maximum atomic E-state index is 9.50. The van der Waals surface area contributed by atoms with Crippen molar-refractivity contribution in [2.45, 2.75) is 62.6 Å². The highest BCUT2D eigenvalue weighted by atomic mass is 16.5. The summed E-state index contributed by atoms with van der Waals surface area (Å²) in [5.74, 6) is 0. The summed E-state index contributed by atoms with van der Waals surface area (Å²) in [5.41, 5.74) is 0. The molecule has 0 radical (unpaired) electrons. The largest absolute Gasteiger partial charge is 0.395 e. The first-order valence-corrected chi connectivity index (χ1v) is 10.5. The van der Waals surface area contributed by atoms with Crippen LogP contribution in [0.1, 0.15) is 26.2 Å². The number of aliphatic hydroxyl groups excluding tert-OH is 1. The topological polar surface area (TPSA) is 57.6 Å². The quantitative estimate of drug-likeness (QED) is 0.704. The van der Waals surface area contributed by atoms with Crippen molar-refractivity contribution in [3.63, 3.8) is 0 Å². The van der Waals surface area contributed by atoms with Crippen molar-refractivity contribution in [1.82, 2.24) is 14.7 Å². The van der Waals surface area contributed by atoms with E-state index in [1.807, 2.05) is 0 Å². The molecule has 3 aliphatic heterocycles. The molecule has 3 aliphatic rings. The molecule has 0 aromatic heterocycles. The summed E-state index contributed by atoms with van der Waals surface area (Å²) in [4.78, 5) is 7.09. The molecular formula is C20H39N3O4. The summed E-state index contributed by atoms with van der Waals surface area (Å²) in [7, 11) is 6.48. The predicted octanol–water partition coefficient (Wildman–Crippen LogP) is 0.267. The number of morpholine rings is 3. The van der Waals surface area contributed by atoms with Gasteiger partial charge < -0.3 is 24.2 Å². The highest BCUT2D eigenvalue weighted by Gasteiger charge is 2.34. The molecule has 6 atom stereocenters. The van der Waals surface area contributed by atoms with Gasteiger partial charge in [0.2, 0.25) is 0 Å². The third-order valence-electron chi connectivity index (χ3n) is 6.49. The number of nitrogens with zero attached hydrogens (tertiary/aromatic N) is 3. The summed E-state index contributed by atoms with van der Waals surface area (Å²) in [6, 6.07) is 0.866. The second-order valence-corrected chi connectivity index (χ2v) is 8.84. The summed E-state index contributed by atoms with van der Waals surface area (Å²) in [6.07, 6.45) is 4.09. The van der Waals surface area contributed by atoms with Gasteiger partial charge in [0.1, 0.15) is 0 Å². The van der Waals surface area contributed by atoms with Gasteiger partial charge in [0.15, 0.2) is 0 Å². The average Bonchev–Trinajstić information content (AvgIpc) is 2.63. The van der Waals surface area contributed by atoms with Crippen LogP contribution in [0.15, 0.2) is 0 Å². The van der Waals surface area contributed by atoms with Gasteiger partial charge in [-0.05, 0) is 47.3 Å². The van der Waals surface area contributed by atoms with Crippen molar-refractivity contribution in [2.75, 3.05) is 67.2 Å². The number of likely N-dealkylation sites (N-methyl/N-ethyl adjacent to an activating group) is 3. The van der Waals surface area contributed by atoms with Crippen molar-refractivity contribution < 1.29 is 19.3 Å². The maximum absolute atomic E-state index is 9.50. The van der Waals surface area contributed by atoms with Crippen LogP contribution < -0.4 is 0 Å². The molecule has 3 saturated heterocycles. The SMILES string of the molecule is C[C@@H]1CN(C)C[C@H](CCC2CN(C)C(CC3COC[C@@H](CO)N3C)CO2)O1. The molecule has 1 N–H and O–H groups in total. The van der Waals surface area contributed by atoms with Gasteiger partial charge in [0, 0.05) is 31.7 Å². The first-order valence-electron chi connectivity index (χ1n) is 10.5. The molecule has 7 heteroatoms. The Bertz CT molecular complexity index is 445. The number of aliphatic hydroxyl groups is 1. The molecule has 3 unspecified atom stereocenters. The fourth-order valence-electron chi connectivity index (χ4n) is 4.73. The molecule has 0 spiro atoms. The molecule has 158 valence electrons. The van der Waals surface area contributed by atoms with Crippen molar-refractivity contribution in [3.8, 4) is 0 Å². The average molecular weight is 386 g/mol. The van der Waals surface area contributed by atoms with Crippen molar-refractivity contribution in [1.29, 1.82) is 0 Å². The van der Waals surface area contributed by atoms with Crippen LogP contribution in [0.5, 0.6) is 0 Å². The van der Waals surface area contributed by atoms with Gasteiger partial charge >= 0.3 is 0 Å². The normalized spacial score (nSPS) is 40.3. The van der Waals surface area contributed by atoms with Crippen molar-refractivity contribution in [3.05, 3.63) is 0 Å². The van der Waals surface area contributed by atoms with Gasteiger partial charge in [-0.15, -0.1) is 0 Å². The van der Waals surface area contributed by atoms with Crippen LogP contribution in [0, 0.1) is 0 Å². The zero-order valence-corrected chi connectivity index (χ0v) is 17.5. The van der Waals surface area contributed by atoms with E-state index in [0.29, 0.717) is 37.0 Å². The lowest BCUT2D eigenvalue weighted by Crippen LogP contribution is -2.56. The molecule has 7 nitrogen and oxygen atoms in total. The third-order valence-corrected chi connectivity index (χ3v) is 6.49. The lowest BCUT2D eigenvalue weighted by Gasteiger charge is -2.44. The van der Waals surface area contributed by atoms with E-state index in [2.05, 4.69) is 42.8 Å². The minimum atomic E-state index is 0.113. The lowest BCUT2D eigenvalue weighted by molar-refractivity contribution is -0.101. The molecule has 0 aliphatic carbocycles. The predicted molar refractivity (Wildman–Crippen MR) is 105 cm³/mol. The molecule has 3 fully saturated rings. The molecule has 3 rings (SSSR count). The Balaban J connectivity index is 1.41. The molecule has 3 heterocycles. The second kappa shape index (κ2) is 9.96. The minimum absolute atomic E-state index is 0.113. The van der Waals surface area contributed by atoms with Gasteiger partial charge in [0.25, 0.3) is 0 Å². The summed E-state index contributed by atoms with van der Waals surface area (Å²) in [6.45, 7) is 7.48.